The molecule has 0 spiro atoms. The van der Waals surface area contributed by atoms with Crippen LogP contribution in [0, 0.1) is 13.8 Å². The first-order valence-corrected chi connectivity index (χ1v) is 5.84. The van der Waals surface area contributed by atoms with Gasteiger partial charge in [-0.3, -0.25) is 15.2 Å². The van der Waals surface area contributed by atoms with E-state index >= 15 is 0 Å². The zero-order valence-electron chi connectivity index (χ0n) is 10.7. The molecule has 0 aliphatic heterocycles. The summed E-state index contributed by atoms with van der Waals surface area (Å²) in [5, 5.41) is 1.36. The molecule has 0 saturated heterocycles. The van der Waals surface area contributed by atoms with Gasteiger partial charge in [-0.2, -0.15) is 0 Å². The second-order valence-electron chi connectivity index (χ2n) is 3.92. The first-order valence-electron chi connectivity index (χ1n) is 5.43. The quantitative estimate of drug-likeness (QED) is 0.629. The molecule has 1 rings (SSSR count). The first-order chi connectivity index (χ1) is 8.41. The van der Waals surface area contributed by atoms with E-state index in [9.17, 15) is 4.79 Å². The van der Waals surface area contributed by atoms with Crippen LogP contribution in [0.1, 0.15) is 11.1 Å². The molecule has 0 aliphatic rings. The van der Waals surface area contributed by atoms with Crippen LogP contribution in [-0.2, 0) is 4.79 Å². The summed E-state index contributed by atoms with van der Waals surface area (Å²) in [5.41, 5.74) is 9.96. The van der Waals surface area contributed by atoms with Crippen LogP contribution >= 0.6 is 12.2 Å². The van der Waals surface area contributed by atoms with Crippen molar-refractivity contribution in [1.29, 1.82) is 0 Å². The van der Waals surface area contributed by atoms with Crippen LogP contribution in [0.2, 0.25) is 0 Å². The average Bonchev–Trinajstić information content (AvgIpc) is 2.31. The Labute approximate surface area is 112 Å². The van der Waals surface area contributed by atoms with Gasteiger partial charge in [0.25, 0.3) is 5.91 Å². The van der Waals surface area contributed by atoms with E-state index in [1.165, 1.54) is 5.01 Å². The lowest BCUT2D eigenvalue weighted by Gasteiger charge is -2.18. The van der Waals surface area contributed by atoms with Crippen molar-refractivity contribution < 1.29 is 9.53 Å². The molecule has 0 radical (unpaired) electrons. The number of hydrazine groups is 1. The van der Waals surface area contributed by atoms with E-state index in [4.69, 9.17) is 22.7 Å². The molecule has 1 aromatic carbocycles. The third-order valence-electron chi connectivity index (χ3n) is 2.54. The predicted molar refractivity (Wildman–Crippen MR) is 74.1 cm³/mol. The van der Waals surface area contributed by atoms with Crippen molar-refractivity contribution in [3.05, 3.63) is 29.3 Å². The zero-order chi connectivity index (χ0) is 13.7. The van der Waals surface area contributed by atoms with Gasteiger partial charge in [-0.05, 0) is 43.3 Å². The molecule has 0 atom stereocenters. The second kappa shape index (κ2) is 6.20. The Bertz CT molecular complexity index is 463. The molecule has 1 amide bonds. The molecule has 0 unspecified atom stereocenters. The lowest BCUT2D eigenvalue weighted by molar-refractivity contribution is -0.126. The van der Waals surface area contributed by atoms with Crippen LogP contribution in [0.4, 0.5) is 0 Å². The maximum atomic E-state index is 11.5. The number of thiocarbonyl (C=S) groups is 1. The summed E-state index contributed by atoms with van der Waals surface area (Å²) >= 11 is 4.70. The molecule has 0 fully saturated rings. The van der Waals surface area contributed by atoms with E-state index in [2.05, 4.69) is 5.43 Å². The van der Waals surface area contributed by atoms with Gasteiger partial charge in [-0.25, -0.2) is 0 Å². The summed E-state index contributed by atoms with van der Waals surface area (Å²) in [5.74, 6) is 0.384. The smallest absolute Gasteiger partial charge is 0.276 e. The second-order valence-corrected chi connectivity index (χ2v) is 4.34. The summed E-state index contributed by atoms with van der Waals surface area (Å²) in [7, 11) is 1.57. The summed E-state index contributed by atoms with van der Waals surface area (Å²) in [6, 6.07) is 5.70. The number of hydrogen-bond donors (Lipinski definition) is 2. The van der Waals surface area contributed by atoms with Gasteiger partial charge < -0.3 is 10.5 Å². The molecule has 0 aromatic heterocycles. The number of nitrogens with zero attached hydrogens (tertiary/aromatic N) is 1. The molecular formula is C12H17N3O2S. The number of aryl methyl sites for hydroxylation is 1. The van der Waals surface area contributed by atoms with E-state index in [1.807, 2.05) is 32.0 Å². The van der Waals surface area contributed by atoms with Crippen LogP contribution < -0.4 is 15.9 Å². The van der Waals surface area contributed by atoms with Crippen LogP contribution in [0.25, 0.3) is 0 Å². The van der Waals surface area contributed by atoms with E-state index < -0.39 is 0 Å². The Morgan fingerprint density at radius 1 is 1.50 bits per heavy atom. The topological polar surface area (TPSA) is 67.6 Å². The van der Waals surface area contributed by atoms with Crippen molar-refractivity contribution in [2.75, 3.05) is 13.7 Å². The first kappa shape index (κ1) is 14.2. The third kappa shape index (κ3) is 3.89. The number of benzene rings is 1. The number of ether oxygens (including phenoxy) is 1. The van der Waals surface area contributed by atoms with Gasteiger partial charge in [-0.1, -0.05) is 12.1 Å². The fourth-order valence-electron chi connectivity index (χ4n) is 1.30. The van der Waals surface area contributed by atoms with Crippen LogP contribution in [0.5, 0.6) is 5.75 Å². The largest absolute Gasteiger partial charge is 0.483 e. The maximum Gasteiger partial charge on any atom is 0.276 e. The summed E-state index contributed by atoms with van der Waals surface area (Å²) in [6.45, 7) is 3.85. The van der Waals surface area contributed by atoms with Crippen molar-refractivity contribution in [2.24, 2.45) is 5.73 Å². The zero-order valence-corrected chi connectivity index (χ0v) is 11.5. The highest BCUT2D eigenvalue weighted by Gasteiger charge is 2.08. The molecule has 0 saturated carbocycles. The summed E-state index contributed by atoms with van der Waals surface area (Å²) in [6.07, 6.45) is 0. The molecule has 6 heteroatoms. The minimum Gasteiger partial charge on any atom is -0.483 e. The number of rotatable bonds is 3. The molecule has 1 aromatic rings. The van der Waals surface area contributed by atoms with Crippen molar-refractivity contribution >= 4 is 23.2 Å². The Balaban J connectivity index is 2.53. The molecule has 0 aliphatic carbocycles. The standard InChI is InChI=1S/C12H17N3O2S/c1-8-5-4-6-10(9(8)2)17-7-11(16)14-15(3)12(13)18/h4-6H,7H2,1-3H3,(H2,13,18)(H,14,16). The van der Waals surface area contributed by atoms with E-state index in [1.54, 1.807) is 7.05 Å². The Hall–Kier alpha value is -1.82. The Morgan fingerprint density at radius 3 is 2.78 bits per heavy atom. The average molecular weight is 267 g/mol. The van der Waals surface area contributed by atoms with Crippen molar-refractivity contribution in [3.63, 3.8) is 0 Å². The van der Waals surface area contributed by atoms with Gasteiger partial charge in [0.1, 0.15) is 5.75 Å². The third-order valence-corrected chi connectivity index (χ3v) is 2.81. The number of carbonyl (C=O) groups is 1. The van der Waals surface area contributed by atoms with E-state index in [-0.39, 0.29) is 17.6 Å². The van der Waals surface area contributed by atoms with Crippen LogP contribution in [0.3, 0.4) is 0 Å². The molecular weight excluding hydrogens is 250 g/mol. The van der Waals surface area contributed by atoms with Gasteiger partial charge in [0.2, 0.25) is 0 Å². The lowest BCUT2D eigenvalue weighted by Crippen LogP contribution is -2.47. The molecule has 98 valence electrons. The number of nitrogens with two attached hydrogens (primary N) is 1. The Morgan fingerprint density at radius 2 is 2.17 bits per heavy atom. The predicted octanol–water partition coefficient (Wildman–Crippen LogP) is 0.889. The van der Waals surface area contributed by atoms with Gasteiger partial charge in [0.05, 0.1) is 0 Å². The maximum absolute atomic E-state index is 11.5. The van der Waals surface area contributed by atoms with Gasteiger partial charge >= 0.3 is 0 Å². The van der Waals surface area contributed by atoms with Crippen molar-refractivity contribution in [2.45, 2.75) is 13.8 Å². The van der Waals surface area contributed by atoms with Gasteiger partial charge in [0, 0.05) is 7.05 Å². The Kier molecular flexibility index (Phi) is 4.91. The number of amides is 1. The van der Waals surface area contributed by atoms with Crippen LogP contribution in [0.15, 0.2) is 18.2 Å². The summed E-state index contributed by atoms with van der Waals surface area (Å²) < 4.78 is 5.44. The fourth-order valence-corrected chi connectivity index (χ4v) is 1.34. The van der Waals surface area contributed by atoms with Crippen molar-refractivity contribution in [3.8, 4) is 5.75 Å². The number of nitrogens with one attached hydrogen (secondary N) is 1. The lowest BCUT2D eigenvalue weighted by atomic mass is 10.1. The number of hydrogen-bond acceptors (Lipinski definition) is 3. The SMILES string of the molecule is Cc1cccc(OCC(=O)NN(C)C(N)=S)c1C. The molecule has 3 N–H and O–H groups in total. The van der Waals surface area contributed by atoms with Crippen LogP contribution in [-0.4, -0.2) is 29.7 Å². The minimum atomic E-state index is -0.314. The highest BCUT2D eigenvalue weighted by Crippen LogP contribution is 2.20. The van der Waals surface area contributed by atoms with Gasteiger partial charge in [0.15, 0.2) is 11.7 Å². The molecule has 0 heterocycles. The fraction of sp³-hybridized carbons (Fsp3) is 0.333. The minimum absolute atomic E-state index is 0.0861. The number of carbonyl (C=O) groups excluding carboxylic acids is 1. The van der Waals surface area contributed by atoms with E-state index in [0.29, 0.717) is 5.75 Å². The normalized spacial score (nSPS) is 9.72. The highest BCUT2D eigenvalue weighted by molar-refractivity contribution is 7.80. The monoisotopic (exact) mass is 267 g/mol. The molecule has 18 heavy (non-hydrogen) atoms. The summed E-state index contributed by atoms with van der Waals surface area (Å²) in [4.78, 5) is 11.5. The van der Waals surface area contributed by atoms with Gasteiger partial charge in [-0.15, -0.1) is 0 Å². The molecule has 0 bridgehead atoms. The van der Waals surface area contributed by atoms with Crippen molar-refractivity contribution in [1.82, 2.24) is 10.4 Å². The highest BCUT2D eigenvalue weighted by atomic mass is 32.1. The molecule has 5 nitrogen and oxygen atoms in total. The van der Waals surface area contributed by atoms with E-state index in [0.717, 1.165) is 11.1 Å².